The van der Waals surface area contributed by atoms with E-state index in [1.54, 1.807) is 30.3 Å². The van der Waals surface area contributed by atoms with Gasteiger partial charge in [-0.2, -0.15) is 0 Å². The number of benzene rings is 1. The van der Waals surface area contributed by atoms with Crippen LogP contribution >= 0.6 is 0 Å². The highest BCUT2D eigenvalue weighted by molar-refractivity contribution is 5.95. The summed E-state index contributed by atoms with van der Waals surface area (Å²) in [6.07, 6.45) is -1.21. The van der Waals surface area contributed by atoms with Crippen molar-refractivity contribution >= 4 is 18.0 Å². The summed E-state index contributed by atoms with van der Waals surface area (Å²) in [5, 5.41) is 0. The minimum atomic E-state index is -1.05. The van der Waals surface area contributed by atoms with E-state index < -0.39 is 24.1 Å². The third kappa shape index (κ3) is 3.52. The smallest absolute Gasteiger partial charge is 0.373 e. The van der Waals surface area contributed by atoms with Crippen LogP contribution in [0.5, 0.6) is 0 Å². The van der Waals surface area contributed by atoms with Gasteiger partial charge in [0, 0.05) is 12.0 Å². The lowest BCUT2D eigenvalue weighted by Crippen LogP contribution is -2.45. The zero-order chi connectivity index (χ0) is 13.7. The van der Waals surface area contributed by atoms with Crippen LogP contribution in [-0.4, -0.2) is 30.7 Å². The largest absolute Gasteiger partial charge is 0.433 e. The maximum Gasteiger partial charge on any atom is 0.433 e. The fourth-order valence-electron chi connectivity index (χ4n) is 1.37. The number of carbonyl (C=O) groups excluding carboxylic acids is 3. The van der Waals surface area contributed by atoms with E-state index >= 15 is 0 Å². The van der Waals surface area contributed by atoms with Crippen molar-refractivity contribution in [3.63, 3.8) is 0 Å². The van der Waals surface area contributed by atoms with Gasteiger partial charge >= 0.3 is 12.1 Å². The Morgan fingerprint density at radius 2 is 1.84 bits per heavy atom. The Labute approximate surface area is 108 Å². The summed E-state index contributed by atoms with van der Waals surface area (Å²) >= 11 is 0. The fourth-order valence-corrected chi connectivity index (χ4v) is 1.37. The van der Waals surface area contributed by atoms with Gasteiger partial charge in [-0.05, 0) is 12.1 Å². The van der Waals surface area contributed by atoms with Crippen LogP contribution < -0.4 is 10.9 Å². The van der Waals surface area contributed by atoms with Gasteiger partial charge in [-0.1, -0.05) is 18.2 Å². The first-order valence-electron chi connectivity index (χ1n) is 5.65. The van der Waals surface area contributed by atoms with E-state index in [0.29, 0.717) is 18.6 Å². The van der Waals surface area contributed by atoms with Crippen LogP contribution in [0.3, 0.4) is 0 Å². The molecular formula is C12H12N2O5. The highest BCUT2D eigenvalue weighted by Crippen LogP contribution is 2.12. The molecule has 1 atom stereocenters. The number of nitrogens with one attached hydrogen (secondary N) is 2. The van der Waals surface area contributed by atoms with E-state index in [4.69, 9.17) is 4.74 Å². The number of hydrogen-bond donors (Lipinski definition) is 2. The first-order valence-corrected chi connectivity index (χ1v) is 5.65. The van der Waals surface area contributed by atoms with Crippen molar-refractivity contribution in [1.82, 2.24) is 10.9 Å². The molecule has 0 spiro atoms. The minimum absolute atomic E-state index is 0.372. The quantitative estimate of drug-likeness (QED) is 0.457. The predicted octanol–water partition coefficient (Wildman–Crippen LogP) is 0.373. The van der Waals surface area contributed by atoms with E-state index in [9.17, 15) is 14.4 Å². The Bertz CT molecular complexity index is 484. The molecule has 2 rings (SSSR count). The molecule has 2 N–H and O–H groups in total. The molecule has 0 aliphatic carbocycles. The second-order valence-electron chi connectivity index (χ2n) is 3.80. The van der Waals surface area contributed by atoms with Gasteiger partial charge in [0.25, 0.3) is 5.91 Å². The van der Waals surface area contributed by atoms with Crippen molar-refractivity contribution in [1.29, 1.82) is 0 Å². The number of hydrogen-bond acceptors (Lipinski definition) is 5. The maximum absolute atomic E-state index is 11.5. The number of ether oxygens (including phenoxy) is 2. The van der Waals surface area contributed by atoms with Crippen molar-refractivity contribution < 1.29 is 23.9 Å². The lowest BCUT2D eigenvalue weighted by atomic mass is 10.2. The summed E-state index contributed by atoms with van der Waals surface area (Å²) in [7, 11) is 0. The molecular weight excluding hydrogens is 252 g/mol. The first-order chi connectivity index (χ1) is 9.16. The number of esters is 1. The van der Waals surface area contributed by atoms with E-state index in [2.05, 4.69) is 10.2 Å². The summed E-state index contributed by atoms with van der Waals surface area (Å²) in [4.78, 5) is 34.0. The predicted molar refractivity (Wildman–Crippen MR) is 62.9 cm³/mol. The van der Waals surface area contributed by atoms with Crippen molar-refractivity contribution in [2.45, 2.75) is 12.5 Å². The lowest BCUT2D eigenvalue weighted by molar-refractivity contribution is -0.163. The van der Waals surface area contributed by atoms with Gasteiger partial charge in [0.1, 0.15) is 0 Å². The summed E-state index contributed by atoms with van der Waals surface area (Å²) in [6, 6.07) is 8.29. The Morgan fingerprint density at radius 3 is 2.42 bits per heavy atom. The second kappa shape index (κ2) is 5.96. The maximum atomic E-state index is 11.5. The van der Waals surface area contributed by atoms with Crippen LogP contribution in [0.2, 0.25) is 0 Å². The molecule has 1 aliphatic heterocycles. The minimum Gasteiger partial charge on any atom is -0.373 e. The van der Waals surface area contributed by atoms with E-state index in [1.165, 1.54) is 0 Å². The van der Waals surface area contributed by atoms with Gasteiger partial charge in [-0.3, -0.25) is 10.2 Å². The van der Waals surface area contributed by atoms with E-state index in [0.717, 1.165) is 0 Å². The fraction of sp³-hybridized carbons (Fsp3) is 0.250. The van der Waals surface area contributed by atoms with Crippen LogP contribution in [0.1, 0.15) is 16.8 Å². The van der Waals surface area contributed by atoms with E-state index in [1.807, 2.05) is 5.43 Å². The molecule has 1 aromatic rings. The van der Waals surface area contributed by atoms with Crippen LogP contribution in [0.15, 0.2) is 30.3 Å². The Kier molecular flexibility index (Phi) is 4.09. The van der Waals surface area contributed by atoms with Gasteiger partial charge in [-0.15, -0.1) is 0 Å². The zero-order valence-corrected chi connectivity index (χ0v) is 9.92. The number of rotatable bonds is 2. The normalized spacial score (nSPS) is 16.9. The number of amides is 2. The van der Waals surface area contributed by atoms with Crippen LogP contribution in [0, 0.1) is 0 Å². The van der Waals surface area contributed by atoms with Gasteiger partial charge in [0.05, 0.1) is 6.61 Å². The average molecular weight is 264 g/mol. The zero-order valence-electron chi connectivity index (χ0n) is 9.92. The van der Waals surface area contributed by atoms with Gasteiger partial charge in [-0.25, -0.2) is 15.0 Å². The summed E-state index contributed by atoms with van der Waals surface area (Å²) < 4.78 is 9.26. The third-order valence-corrected chi connectivity index (χ3v) is 2.47. The molecule has 1 fully saturated rings. The molecule has 1 aliphatic rings. The summed E-state index contributed by atoms with van der Waals surface area (Å²) in [5.74, 6) is -1.28. The molecule has 7 heteroatoms. The highest BCUT2D eigenvalue weighted by atomic mass is 16.6. The van der Waals surface area contributed by atoms with Gasteiger partial charge < -0.3 is 9.47 Å². The Balaban J connectivity index is 1.74. The molecule has 0 radical (unpaired) electrons. The molecule has 100 valence electrons. The lowest BCUT2D eigenvalue weighted by Gasteiger charge is -2.23. The van der Waals surface area contributed by atoms with Gasteiger partial charge in [0.15, 0.2) is 6.10 Å². The van der Waals surface area contributed by atoms with E-state index in [-0.39, 0.29) is 0 Å². The molecule has 1 heterocycles. The number of carbonyl (C=O) groups is 3. The molecule has 7 nitrogen and oxygen atoms in total. The molecule has 0 saturated carbocycles. The Hall–Kier alpha value is -2.41. The molecule has 1 unspecified atom stereocenters. The molecule has 2 amide bonds. The van der Waals surface area contributed by atoms with Crippen molar-refractivity contribution in [3.05, 3.63) is 35.9 Å². The van der Waals surface area contributed by atoms with Crippen molar-refractivity contribution in [2.75, 3.05) is 6.61 Å². The summed E-state index contributed by atoms with van der Waals surface area (Å²) in [5.41, 5.74) is 4.47. The average Bonchev–Trinajstić information content (AvgIpc) is 2.34. The van der Waals surface area contributed by atoms with Crippen LogP contribution in [0.4, 0.5) is 4.79 Å². The molecule has 0 aromatic heterocycles. The molecule has 1 saturated heterocycles. The Morgan fingerprint density at radius 1 is 1.16 bits per heavy atom. The number of hydrazine groups is 1. The third-order valence-electron chi connectivity index (χ3n) is 2.47. The summed E-state index contributed by atoms with van der Waals surface area (Å²) in [6.45, 7) is 0.478. The molecule has 0 bridgehead atoms. The molecule has 1 aromatic carbocycles. The topological polar surface area (TPSA) is 93.7 Å². The van der Waals surface area contributed by atoms with Crippen molar-refractivity contribution in [2.24, 2.45) is 0 Å². The monoisotopic (exact) mass is 264 g/mol. The van der Waals surface area contributed by atoms with Gasteiger partial charge in [0.2, 0.25) is 0 Å². The SMILES string of the molecule is O=C(NNC(=O)c1ccccc1)OC(=O)C1CCO1. The van der Waals surface area contributed by atoms with Crippen molar-refractivity contribution in [3.8, 4) is 0 Å². The highest BCUT2D eigenvalue weighted by Gasteiger charge is 2.29. The molecule has 19 heavy (non-hydrogen) atoms. The van der Waals surface area contributed by atoms with Crippen LogP contribution in [0.25, 0.3) is 0 Å². The van der Waals surface area contributed by atoms with Crippen LogP contribution in [-0.2, 0) is 14.3 Å². The first kappa shape index (κ1) is 13.0. The second-order valence-corrected chi connectivity index (χ2v) is 3.80. The standard InChI is InChI=1S/C12H12N2O5/c15-10(8-4-2-1-3-5-8)13-14-12(17)19-11(16)9-6-7-18-9/h1-5,9H,6-7H2,(H,13,15)(H,14,17).